The Morgan fingerprint density at radius 2 is 2.10 bits per heavy atom. The summed E-state index contributed by atoms with van der Waals surface area (Å²) in [6.45, 7) is 2.69. The van der Waals surface area contributed by atoms with Crippen molar-refractivity contribution in [3.05, 3.63) is 64.2 Å². The molecule has 1 N–H and O–H groups in total. The smallest absolute Gasteiger partial charge is 0.123 e. The molecule has 0 amide bonds. The van der Waals surface area contributed by atoms with Gasteiger partial charge in [0, 0.05) is 23.2 Å². The molecular weight excluding hydrogens is 284 g/mol. The third-order valence-corrected chi connectivity index (χ3v) is 3.59. The Morgan fingerprint density at radius 3 is 2.76 bits per heavy atom. The third kappa shape index (κ3) is 3.98. The lowest BCUT2D eigenvalue weighted by molar-refractivity contribution is 0.406. The van der Waals surface area contributed by atoms with E-state index >= 15 is 0 Å². The molecular formula is C17H17ClN2O. The molecule has 21 heavy (non-hydrogen) atoms. The van der Waals surface area contributed by atoms with Crippen molar-refractivity contribution in [3.63, 3.8) is 0 Å². The van der Waals surface area contributed by atoms with E-state index in [1.165, 1.54) is 0 Å². The number of nitrogens with one attached hydrogen (secondary N) is 1. The Hall–Kier alpha value is -2.02. The van der Waals surface area contributed by atoms with E-state index in [4.69, 9.17) is 21.6 Å². The minimum atomic E-state index is 0.152. The normalized spacial score (nSPS) is 11.7. The molecule has 0 aliphatic rings. The van der Waals surface area contributed by atoms with Gasteiger partial charge in [0.1, 0.15) is 5.75 Å². The van der Waals surface area contributed by atoms with E-state index in [1.54, 1.807) is 13.2 Å². The minimum Gasteiger partial charge on any atom is -0.496 e. The first-order valence-electron chi connectivity index (χ1n) is 6.70. The highest BCUT2D eigenvalue weighted by atomic mass is 35.5. The van der Waals surface area contributed by atoms with Crippen molar-refractivity contribution in [1.29, 1.82) is 5.26 Å². The summed E-state index contributed by atoms with van der Waals surface area (Å²) in [6, 6.07) is 15.5. The molecule has 0 aromatic heterocycles. The molecule has 0 aliphatic heterocycles. The molecule has 0 saturated heterocycles. The molecule has 2 rings (SSSR count). The SMILES string of the molecule is COc1ccc(C#N)cc1CN[C@H](C)c1cccc(Cl)c1. The lowest BCUT2D eigenvalue weighted by Crippen LogP contribution is -2.18. The minimum absolute atomic E-state index is 0.152. The Morgan fingerprint density at radius 1 is 1.29 bits per heavy atom. The van der Waals surface area contributed by atoms with Crippen LogP contribution in [0, 0.1) is 11.3 Å². The van der Waals surface area contributed by atoms with E-state index in [2.05, 4.69) is 18.3 Å². The summed E-state index contributed by atoms with van der Waals surface area (Å²) in [7, 11) is 1.63. The summed E-state index contributed by atoms with van der Waals surface area (Å²) in [4.78, 5) is 0. The number of ether oxygens (including phenoxy) is 1. The number of benzene rings is 2. The van der Waals surface area contributed by atoms with Crippen LogP contribution in [-0.2, 0) is 6.54 Å². The molecule has 0 spiro atoms. The fourth-order valence-corrected chi connectivity index (χ4v) is 2.34. The van der Waals surface area contributed by atoms with Crippen molar-refractivity contribution in [2.75, 3.05) is 7.11 Å². The molecule has 2 aromatic carbocycles. The highest BCUT2D eigenvalue weighted by Crippen LogP contribution is 2.22. The van der Waals surface area contributed by atoms with Crippen LogP contribution in [-0.4, -0.2) is 7.11 Å². The second-order valence-electron chi connectivity index (χ2n) is 4.80. The van der Waals surface area contributed by atoms with Crippen molar-refractivity contribution in [3.8, 4) is 11.8 Å². The molecule has 0 radical (unpaired) electrons. The van der Waals surface area contributed by atoms with Gasteiger partial charge in [0.2, 0.25) is 0 Å². The average molecular weight is 301 g/mol. The van der Waals surface area contributed by atoms with Gasteiger partial charge in [0.15, 0.2) is 0 Å². The quantitative estimate of drug-likeness (QED) is 0.905. The number of nitriles is 1. The highest BCUT2D eigenvalue weighted by molar-refractivity contribution is 6.30. The predicted molar refractivity (Wildman–Crippen MR) is 84.4 cm³/mol. The Labute approximate surface area is 130 Å². The van der Waals surface area contributed by atoms with Crippen molar-refractivity contribution < 1.29 is 4.74 Å². The molecule has 108 valence electrons. The number of rotatable bonds is 5. The summed E-state index contributed by atoms with van der Waals surface area (Å²) < 4.78 is 5.33. The zero-order valence-corrected chi connectivity index (χ0v) is 12.8. The first-order chi connectivity index (χ1) is 10.1. The van der Waals surface area contributed by atoms with Gasteiger partial charge in [-0.2, -0.15) is 5.26 Å². The van der Waals surface area contributed by atoms with Gasteiger partial charge in [0.25, 0.3) is 0 Å². The molecule has 0 saturated carbocycles. The van der Waals surface area contributed by atoms with E-state index in [1.807, 2.05) is 36.4 Å². The molecule has 0 heterocycles. The van der Waals surface area contributed by atoms with Crippen LogP contribution in [0.5, 0.6) is 5.75 Å². The molecule has 0 aliphatic carbocycles. The number of hydrogen-bond donors (Lipinski definition) is 1. The molecule has 1 atom stereocenters. The summed E-state index contributed by atoms with van der Waals surface area (Å²) in [5.74, 6) is 0.778. The first-order valence-corrected chi connectivity index (χ1v) is 7.07. The Balaban J connectivity index is 2.10. The molecule has 0 bridgehead atoms. The van der Waals surface area contributed by atoms with Crippen molar-refractivity contribution in [2.24, 2.45) is 0 Å². The monoisotopic (exact) mass is 300 g/mol. The van der Waals surface area contributed by atoms with Gasteiger partial charge in [-0.3, -0.25) is 0 Å². The van der Waals surface area contributed by atoms with Gasteiger partial charge < -0.3 is 10.1 Å². The fraction of sp³-hybridized carbons (Fsp3) is 0.235. The van der Waals surface area contributed by atoms with E-state index < -0.39 is 0 Å². The summed E-state index contributed by atoms with van der Waals surface area (Å²) in [6.07, 6.45) is 0. The fourth-order valence-electron chi connectivity index (χ4n) is 2.14. The maximum absolute atomic E-state index is 8.99. The molecule has 0 fully saturated rings. The second-order valence-corrected chi connectivity index (χ2v) is 5.23. The maximum atomic E-state index is 8.99. The van der Waals surface area contributed by atoms with Crippen LogP contribution in [0.2, 0.25) is 5.02 Å². The van der Waals surface area contributed by atoms with Gasteiger partial charge >= 0.3 is 0 Å². The lowest BCUT2D eigenvalue weighted by Gasteiger charge is -2.16. The largest absolute Gasteiger partial charge is 0.496 e. The summed E-state index contributed by atoms with van der Waals surface area (Å²) >= 11 is 6.01. The van der Waals surface area contributed by atoms with E-state index in [0.717, 1.165) is 21.9 Å². The zero-order chi connectivity index (χ0) is 15.2. The van der Waals surface area contributed by atoms with Crippen molar-refractivity contribution in [2.45, 2.75) is 19.5 Å². The van der Waals surface area contributed by atoms with Crippen molar-refractivity contribution in [1.82, 2.24) is 5.32 Å². The van der Waals surface area contributed by atoms with Crippen LogP contribution in [0.25, 0.3) is 0 Å². The number of hydrogen-bond acceptors (Lipinski definition) is 3. The van der Waals surface area contributed by atoms with Gasteiger partial charge in [-0.05, 0) is 42.8 Å². The standard InChI is InChI=1S/C17H17ClN2O/c1-12(14-4-3-5-16(18)9-14)20-11-15-8-13(10-19)6-7-17(15)21-2/h3-9,12,20H,11H2,1-2H3/t12-/m1/s1. The van der Waals surface area contributed by atoms with Crippen LogP contribution in [0.4, 0.5) is 0 Å². The average Bonchev–Trinajstić information content (AvgIpc) is 2.52. The maximum Gasteiger partial charge on any atom is 0.123 e. The Kier molecular flexibility index (Phi) is 5.21. The summed E-state index contributed by atoms with van der Waals surface area (Å²) in [5.41, 5.74) is 2.71. The molecule has 0 unspecified atom stereocenters. The van der Waals surface area contributed by atoms with Crippen LogP contribution < -0.4 is 10.1 Å². The van der Waals surface area contributed by atoms with E-state index in [9.17, 15) is 0 Å². The number of nitrogens with zero attached hydrogens (tertiary/aromatic N) is 1. The molecule has 4 heteroatoms. The van der Waals surface area contributed by atoms with E-state index in [0.29, 0.717) is 12.1 Å². The molecule has 3 nitrogen and oxygen atoms in total. The topological polar surface area (TPSA) is 45.0 Å². The van der Waals surface area contributed by atoms with Crippen LogP contribution in [0.1, 0.15) is 29.7 Å². The zero-order valence-electron chi connectivity index (χ0n) is 12.1. The number of methoxy groups -OCH3 is 1. The third-order valence-electron chi connectivity index (χ3n) is 3.36. The van der Waals surface area contributed by atoms with Gasteiger partial charge in [-0.15, -0.1) is 0 Å². The summed E-state index contributed by atoms with van der Waals surface area (Å²) in [5, 5.41) is 13.1. The first kappa shape index (κ1) is 15.4. The van der Waals surface area contributed by atoms with Crippen LogP contribution >= 0.6 is 11.6 Å². The predicted octanol–water partition coefficient (Wildman–Crippen LogP) is 4.07. The lowest BCUT2D eigenvalue weighted by atomic mass is 10.1. The van der Waals surface area contributed by atoms with Crippen LogP contribution in [0.15, 0.2) is 42.5 Å². The Bertz CT molecular complexity index is 664. The van der Waals surface area contributed by atoms with Crippen LogP contribution in [0.3, 0.4) is 0 Å². The van der Waals surface area contributed by atoms with Gasteiger partial charge in [-0.25, -0.2) is 0 Å². The highest BCUT2D eigenvalue weighted by Gasteiger charge is 2.09. The second kappa shape index (κ2) is 7.12. The number of halogens is 1. The van der Waals surface area contributed by atoms with Crippen molar-refractivity contribution >= 4 is 11.6 Å². The van der Waals surface area contributed by atoms with Gasteiger partial charge in [-0.1, -0.05) is 23.7 Å². The van der Waals surface area contributed by atoms with Gasteiger partial charge in [0.05, 0.1) is 18.7 Å². The molecule has 2 aromatic rings. The van der Waals surface area contributed by atoms with E-state index in [-0.39, 0.29) is 6.04 Å².